The van der Waals surface area contributed by atoms with E-state index >= 15 is 0 Å². The van der Waals surface area contributed by atoms with Crippen LogP contribution in [-0.4, -0.2) is 46.3 Å². The molecule has 0 bridgehead atoms. The Morgan fingerprint density at radius 1 is 1.43 bits per heavy atom. The molecule has 7 nitrogen and oxygen atoms in total. The summed E-state index contributed by atoms with van der Waals surface area (Å²) in [6.45, 7) is 0.135. The van der Waals surface area contributed by atoms with Crippen LogP contribution in [0.1, 0.15) is 10.4 Å². The Morgan fingerprint density at radius 3 is 2.71 bits per heavy atom. The van der Waals surface area contributed by atoms with Gasteiger partial charge in [-0.1, -0.05) is 0 Å². The molecule has 113 valence electrons. The molecule has 1 rings (SSSR count). The summed E-state index contributed by atoms with van der Waals surface area (Å²) in [6.07, 6.45) is 0. The van der Waals surface area contributed by atoms with Crippen LogP contribution in [0.15, 0.2) is 18.2 Å². The van der Waals surface area contributed by atoms with Gasteiger partial charge in [-0.2, -0.15) is 0 Å². The van der Waals surface area contributed by atoms with Gasteiger partial charge in [0.1, 0.15) is 6.04 Å². The van der Waals surface area contributed by atoms with E-state index in [9.17, 15) is 9.59 Å². The maximum atomic E-state index is 12.2. The van der Waals surface area contributed by atoms with Crippen molar-refractivity contribution in [1.82, 2.24) is 10.5 Å². The topological polar surface area (TPSA) is 103 Å². The molecular weight excluding hydrogens is 388 g/mol. The number of ether oxygens (including phenoxy) is 1. The second-order valence-corrected chi connectivity index (χ2v) is 5.29. The lowest BCUT2D eigenvalue weighted by Crippen LogP contribution is -2.48. The molecule has 21 heavy (non-hydrogen) atoms. The minimum Gasteiger partial charge on any atom is -0.467 e. The second-order valence-electron chi connectivity index (χ2n) is 4.04. The quantitative estimate of drug-likeness (QED) is 0.193. The van der Waals surface area contributed by atoms with E-state index in [1.54, 1.807) is 18.2 Å². The molecule has 1 aromatic rings. The molecule has 0 aromatic heterocycles. The van der Waals surface area contributed by atoms with Gasteiger partial charge in [-0.25, -0.2) is 4.79 Å². The van der Waals surface area contributed by atoms with Gasteiger partial charge >= 0.3 is 13.6 Å². The number of nitrogens with one attached hydrogen (secondary N) is 2. The molecule has 0 unspecified atom stereocenters. The van der Waals surface area contributed by atoms with Gasteiger partial charge < -0.3 is 25.7 Å². The highest BCUT2D eigenvalue weighted by atomic mass is 127. The van der Waals surface area contributed by atoms with E-state index in [-0.39, 0.29) is 6.54 Å². The number of halogens is 1. The Bertz CT molecular complexity index is 515. The van der Waals surface area contributed by atoms with Crippen molar-refractivity contribution < 1.29 is 19.0 Å². The summed E-state index contributed by atoms with van der Waals surface area (Å²) in [5, 5.41) is 5.30. The highest BCUT2D eigenvalue weighted by molar-refractivity contribution is 14.1. The minimum absolute atomic E-state index is 0.135. The van der Waals surface area contributed by atoms with Gasteiger partial charge in [-0.05, 0) is 40.8 Å². The molecule has 1 atom stereocenters. The third-order valence-corrected chi connectivity index (χ3v) is 3.24. The SMILES string of the molecule is CO[B]NC[C@H](NC(=O)c1ccc(I)cc1N)C(=O)OC. The molecular formula is C12H16BIN3O4. The zero-order chi connectivity index (χ0) is 15.8. The molecule has 1 radical (unpaired) electrons. The Morgan fingerprint density at radius 2 is 2.14 bits per heavy atom. The summed E-state index contributed by atoms with van der Waals surface area (Å²) in [5.41, 5.74) is 6.46. The van der Waals surface area contributed by atoms with Crippen molar-refractivity contribution in [2.24, 2.45) is 0 Å². The number of rotatable bonds is 7. The first-order valence-corrected chi connectivity index (χ1v) is 7.09. The lowest BCUT2D eigenvalue weighted by molar-refractivity contribution is -0.142. The number of esters is 1. The van der Waals surface area contributed by atoms with Crippen LogP contribution in [0.2, 0.25) is 0 Å². The van der Waals surface area contributed by atoms with Crippen LogP contribution in [0.5, 0.6) is 0 Å². The zero-order valence-electron chi connectivity index (χ0n) is 11.7. The van der Waals surface area contributed by atoms with Crippen LogP contribution in [0.25, 0.3) is 0 Å². The molecule has 4 N–H and O–H groups in total. The van der Waals surface area contributed by atoms with Gasteiger partial charge in [-0.15, -0.1) is 0 Å². The second kappa shape index (κ2) is 8.85. The molecule has 1 aromatic carbocycles. The molecule has 0 saturated carbocycles. The molecule has 0 saturated heterocycles. The molecule has 0 aliphatic carbocycles. The van der Waals surface area contributed by atoms with Crippen molar-refractivity contribution >= 4 is 47.8 Å². The Hall–Kier alpha value is -1.33. The lowest BCUT2D eigenvalue weighted by atomic mass is 10.1. The van der Waals surface area contributed by atoms with Crippen molar-refractivity contribution in [1.29, 1.82) is 0 Å². The van der Waals surface area contributed by atoms with E-state index in [1.165, 1.54) is 21.8 Å². The first-order valence-electron chi connectivity index (χ1n) is 6.01. The Labute approximate surface area is 137 Å². The average molecular weight is 404 g/mol. The molecule has 9 heteroatoms. The number of hydrogen-bond acceptors (Lipinski definition) is 6. The van der Waals surface area contributed by atoms with Crippen molar-refractivity contribution in [3.05, 3.63) is 27.3 Å². The van der Waals surface area contributed by atoms with Crippen LogP contribution in [-0.2, 0) is 14.2 Å². The van der Waals surface area contributed by atoms with Gasteiger partial charge in [0.2, 0.25) is 0 Å². The first-order chi connectivity index (χ1) is 9.99. The standard InChI is InChI=1S/C12H16BIN3O4/c1-20-12(19)10(6-16-13-21-2)17-11(18)8-4-3-7(14)5-9(8)15/h3-5,10,16H,6,15H2,1-2H3,(H,17,18)/t10-/m0/s1. The van der Waals surface area contributed by atoms with Gasteiger partial charge in [0.05, 0.1) is 12.7 Å². The molecule has 0 aliphatic rings. The van der Waals surface area contributed by atoms with Crippen LogP contribution < -0.4 is 16.3 Å². The third kappa shape index (κ3) is 5.52. The van der Waals surface area contributed by atoms with E-state index in [0.717, 1.165) is 3.57 Å². The average Bonchev–Trinajstić information content (AvgIpc) is 2.45. The monoisotopic (exact) mass is 404 g/mol. The van der Waals surface area contributed by atoms with Gasteiger partial charge in [0.25, 0.3) is 5.91 Å². The van der Waals surface area contributed by atoms with E-state index in [4.69, 9.17) is 10.4 Å². The fourth-order valence-corrected chi connectivity index (χ4v) is 2.08. The van der Waals surface area contributed by atoms with Crippen molar-refractivity contribution in [3.8, 4) is 0 Å². The summed E-state index contributed by atoms with van der Waals surface area (Å²) in [6, 6.07) is 4.19. The normalized spacial score (nSPS) is 11.6. The maximum absolute atomic E-state index is 12.2. The molecule has 0 heterocycles. The first kappa shape index (κ1) is 17.7. The van der Waals surface area contributed by atoms with Crippen LogP contribution in [0, 0.1) is 3.57 Å². The summed E-state index contributed by atoms with van der Waals surface area (Å²) < 4.78 is 10.3. The van der Waals surface area contributed by atoms with Gasteiger partial charge in [0.15, 0.2) is 0 Å². The highest BCUT2D eigenvalue weighted by Crippen LogP contribution is 2.15. The van der Waals surface area contributed by atoms with Crippen LogP contribution in [0.3, 0.4) is 0 Å². The predicted octanol–water partition coefficient (Wildman–Crippen LogP) is -0.0850. The van der Waals surface area contributed by atoms with Gasteiger partial charge in [-0.3, -0.25) is 4.79 Å². The summed E-state index contributed by atoms with van der Waals surface area (Å²) in [4.78, 5) is 23.8. The fraction of sp³-hybridized carbons (Fsp3) is 0.333. The maximum Gasteiger partial charge on any atom is 0.395 e. The Kier molecular flexibility index (Phi) is 7.47. The number of carbonyl (C=O) groups excluding carboxylic acids is 2. The predicted molar refractivity (Wildman–Crippen MR) is 87.6 cm³/mol. The van der Waals surface area contributed by atoms with E-state index in [0.29, 0.717) is 11.3 Å². The Balaban J connectivity index is 2.77. The molecule has 0 aliphatic heterocycles. The number of nitrogens with two attached hydrogens (primary N) is 1. The summed E-state index contributed by atoms with van der Waals surface area (Å²) >= 11 is 2.10. The molecule has 0 fully saturated rings. The lowest BCUT2D eigenvalue weighted by Gasteiger charge is -2.17. The largest absolute Gasteiger partial charge is 0.467 e. The van der Waals surface area contributed by atoms with E-state index in [1.807, 2.05) is 0 Å². The van der Waals surface area contributed by atoms with Crippen LogP contribution in [0.4, 0.5) is 5.69 Å². The number of benzene rings is 1. The summed E-state index contributed by atoms with van der Waals surface area (Å²) in [5.74, 6) is -1.01. The fourth-order valence-electron chi connectivity index (χ4n) is 1.56. The number of amides is 1. The number of methoxy groups -OCH3 is 1. The van der Waals surface area contributed by atoms with Crippen LogP contribution >= 0.6 is 22.6 Å². The van der Waals surface area contributed by atoms with E-state index in [2.05, 4.69) is 37.9 Å². The van der Waals surface area contributed by atoms with E-state index < -0.39 is 17.9 Å². The van der Waals surface area contributed by atoms with Crippen molar-refractivity contribution in [3.63, 3.8) is 0 Å². The summed E-state index contributed by atoms with van der Waals surface area (Å²) in [7, 11) is 4.02. The highest BCUT2D eigenvalue weighted by Gasteiger charge is 2.22. The number of anilines is 1. The molecule has 0 spiro atoms. The van der Waals surface area contributed by atoms with Gasteiger partial charge in [0, 0.05) is 22.9 Å². The molecule has 1 amide bonds. The number of hydrogen-bond donors (Lipinski definition) is 3. The number of nitrogen functional groups attached to an aromatic ring is 1. The number of carbonyl (C=O) groups is 2. The van der Waals surface area contributed by atoms with Crippen molar-refractivity contribution in [2.75, 3.05) is 26.5 Å². The third-order valence-electron chi connectivity index (χ3n) is 2.57. The zero-order valence-corrected chi connectivity index (χ0v) is 13.8. The van der Waals surface area contributed by atoms with Crippen molar-refractivity contribution in [2.45, 2.75) is 6.04 Å². The minimum atomic E-state index is -0.854. The smallest absolute Gasteiger partial charge is 0.395 e.